The highest BCUT2D eigenvalue weighted by molar-refractivity contribution is 7.80. The summed E-state index contributed by atoms with van der Waals surface area (Å²) in [5.41, 5.74) is 1.37. The molecule has 0 saturated carbocycles. The highest BCUT2D eigenvalue weighted by Gasteiger charge is 2.16. The fourth-order valence-electron chi connectivity index (χ4n) is 1.73. The van der Waals surface area contributed by atoms with Gasteiger partial charge in [-0.05, 0) is 44.3 Å². The normalized spacial score (nSPS) is 10.0. The number of anilines is 2. The van der Waals surface area contributed by atoms with Crippen LogP contribution in [0.2, 0.25) is 0 Å². The van der Waals surface area contributed by atoms with Crippen LogP contribution in [0.4, 0.5) is 10.8 Å². The fourth-order valence-corrected chi connectivity index (χ4v) is 2.91. The number of thiocarbonyl (C=S) groups is 1. The Hall–Kier alpha value is -1.99. The third-order valence-electron chi connectivity index (χ3n) is 2.62. The Morgan fingerprint density at radius 1 is 1.33 bits per heavy atom. The molecule has 110 valence electrons. The molecule has 2 rings (SSSR count). The number of hydrogen-bond acceptors (Lipinski definition) is 5. The van der Waals surface area contributed by atoms with Crippen molar-refractivity contribution in [3.63, 3.8) is 0 Å². The predicted molar refractivity (Wildman–Crippen MR) is 89.2 cm³/mol. The van der Waals surface area contributed by atoms with Crippen LogP contribution in [-0.2, 0) is 4.74 Å². The lowest BCUT2D eigenvalue weighted by Gasteiger charge is -2.10. The van der Waals surface area contributed by atoms with Gasteiger partial charge in [0.2, 0.25) is 0 Å². The van der Waals surface area contributed by atoms with Crippen LogP contribution in [0.25, 0.3) is 0 Å². The molecule has 0 radical (unpaired) electrons. The number of hydrogen-bond donors (Lipinski definition) is 2. The molecule has 0 aliphatic rings. The number of nitrogens with zero attached hydrogens (tertiary/aromatic N) is 1. The standard InChI is InChI=1S/C14H15N3O2S2/c1-8-5-4-6-11(15-8)16-14(20)17-12-10(13(18)19-3)7-9(2)21-12/h4-7H,1-3H3,(H2,15,16,17,20). The van der Waals surface area contributed by atoms with E-state index in [0.29, 0.717) is 21.5 Å². The topological polar surface area (TPSA) is 63.2 Å². The van der Waals surface area contributed by atoms with Gasteiger partial charge in [-0.2, -0.15) is 0 Å². The van der Waals surface area contributed by atoms with E-state index < -0.39 is 5.97 Å². The van der Waals surface area contributed by atoms with E-state index in [1.807, 2.05) is 32.0 Å². The lowest BCUT2D eigenvalue weighted by molar-refractivity contribution is 0.0602. The van der Waals surface area contributed by atoms with Gasteiger partial charge < -0.3 is 15.4 Å². The Bertz CT molecular complexity index is 683. The van der Waals surface area contributed by atoms with Crippen LogP contribution >= 0.6 is 23.6 Å². The maximum absolute atomic E-state index is 11.7. The van der Waals surface area contributed by atoms with Crippen molar-refractivity contribution in [2.45, 2.75) is 13.8 Å². The molecule has 21 heavy (non-hydrogen) atoms. The molecule has 0 atom stereocenters. The molecule has 5 nitrogen and oxygen atoms in total. The molecule has 2 aromatic heterocycles. The first kappa shape index (κ1) is 15.4. The quantitative estimate of drug-likeness (QED) is 0.668. The lowest BCUT2D eigenvalue weighted by atomic mass is 10.3. The Labute approximate surface area is 132 Å². The third kappa shape index (κ3) is 3.99. The van der Waals surface area contributed by atoms with Crippen molar-refractivity contribution in [2.75, 3.05) is 17.7 Å². The fraction of sp³-hybridized carbons (Fsp3) is 0.214. The largest absolute Gasteiger partial charge is 0.465 e. The smallest absolute Gasteiger partial charge is 0.340 e. The third-order valence-corrected chi connectivity index (χ3v) is 3.79. The van der Waals surface area contributed by atoms with Gasteiger partial charge in [0.05, 0.1) is 12.7 Å². The summed E-state index contributed by atoms with van der Waals surface area (Å²) in [7, 11) is 1.35. The molecule has 2 N–H and O–H groups in total. The van der Waals surface area contributed by atoms with Gasteiger partial charge in [-0.3, -0.25) is 0 Å². The molecule has 2 heterocycles. The van der Waals surface area contributed by atoms with E-state index >= 15 is 0 Å². The van der Waals surface area contributed by atoms with Gasteiger partial charge in [0.1, 0.15) is 10.8 Å². The van der Waals surface area contributed by atoms with Crippen molar-refractivity contribution in [3.8, 4) is 0 Å². The molecule has 0 bridgehead atoms. The van der Waals surface area contributed by atoms with E-state index in [-0.39, 0.29) is 0 Å². The maximum Gasteiger partial charge on any atom is 0.340 e. The summed E-state index contributed by atoms with van der Waals surface area (Å²) >= 11 is 6.69. The van der Waals surface area contributed by atoms with Crippen molar-refractivity contribution < 1.29 is 9.53 Å². The van der Waals surface area contributed by atoms with E-state index in [2.05, 4.69) is 15.6 Å². The van der Waals surface area contributed by atoms with Crippen molar-refractivity contribution in [2.24, 2.45) is 0 Å². The van der Waals surface area contributed by atoms with Crippen LogP contribution in [0.15, 0.2) is 24.3 Å². The lowest BCUT2D eigenvalue weighted by Crippen LogP contribution is -2.20. The van der Waals surface area contributed by atoms with Crippen LogP contribution in [0.1, 0.15) is 20.9 Å². The van der Waals surface area contributed by atoms with Gasteiger partial charge in [0.15, 0.2) is 5.11 Å². The summed E-state index contributed by atoms with van der Waals surface area (Å²) in [4.78, 5) is 17.0. The number of pyridine rings is 1. The molecule has 7 heteroatoms. The van der Waals surface area contributed by atoms with Crippen molar-refractivity contribution >= 4 is 45.5 Å². The summed E-state index contributed by atoms with van der Waals surface area (Å²) in [6, 6.07) is 7.39. The number of aryl methyl sites for hydroxylation is 2. The van der Waals surface area contributed by atoms with E-state index in [4.69, 9.17) is 17.0 Å². The minimum Gasteiger partial charge on any atom is -0.465 e. The van der Waals surface area contributed by atoms with Gasteiger partial charge in [0, 0.05) is 10.6 Å². The van der Waals surface area contributed by atoms with Gasteiger partial charge in [-0.25, -0.2) is 9.78 Å². The van der Waals surface area contributed by atoms with E-state index in [1.165, 1.54) is 18.4 Å². The van der Waals surface area contributed by atoms with Crippen molar-refractivity contribution in [3.05, 3.63) is 40.4 Å². The molecule has 0 aliphatic heterocycles. The number of carbonyl (C=O) groups is 1. The minimum atomic E-state index is -0.390. The summed E-state index contributed by atoms with van der Waals surface area (Å²) in [5, 5.41) is 7.03. The number of nitrogens with one attached hydrogen (secondary N) is 2. The van der Waals surface area contributed by atoms with E-state index in [0.717, 1.165) is 10.6 Å². The number of methoxy groups -OCH3 is 1. The average Bonchev–Trinajstić information content (AvgIpc) is 2.78. The second kappa shape index (κ2) is 6.64. The Morgan fingerprint density at radius 2 is 2.10 bits per heavy atom. The number of esters is 1. The Balaban J connectivity index is 2.11. The van der Waals surface area contributed by atoms with Crippen molar-refractivity contribution in [1.29, 1.82) is 0 Å². The van der Waals surface area contributed by atoms with E-state index in [9.17, 15) is 4.79 Å². The first-order valence-corrected chi connectivity index (χ1v) is 7.42. The highest BCUT2D eigenvalue weighted by Crippen LogP contribution is 2.28. The van der Waals surface area contributed by atoms with E-state index in [1.54, 1.807) is 6.07 Å². The van der Waals surface area contributed by atoms with Gasteiger partial charge >= 0.3 is 5.97 Å². The van der Waals surface area contributed by atoms with Gasteiger partial charge in [-0.15, -0.1) is 11.3 Å². The zero-order chi connectivity index (χ0) is 15.4. The monoisotopic (exact) mass is 321 g/mol. The number of rotatable bonds is 3. The number of ether oxygens (including phenoxy) is 1. The van der Waals surface area contributed by atoms with Crippen LogP contribution in [0.5, 0.6) is 0 Å². The second-order valence-electron chi connectivity index (χ2n) is 4.33. The molecular weight excluding hydrogens is 306 g/mol. The van der Waals surface area contributed by atoms with Crippen LogP contribution in [0.3, 0.4) is 0 Å². The first-order valence-electron chi connectivity index (χ1n) is 6.20. The molecular formula is C14H15N3O2S2. The minimum absolute atomic E-state index is 0.375. The molecule has 0 aromatic carbocycles. The highest BCUT2D eigenvalue weighted by atomic mass is 32.1. The molecule has 0 amide bonds. The van der Waals surface area contributed by atoms with Crippen LogP contribution < -0.4 is 10.6 Å². The van der Waals surface area contributed by atoms with Gasteiger partial charge in [-0.1, -0.05) is 6.07 Å². The SMILES string of the molecule is COC(=O)c1cc(C)sc1NC(=S)Nc1cccc(C)n1. The van der Waals surface area contributed by atoms with Crippen LogP contribution in [-0.4, -0.2) is 23.2 Å². The summed E-state index contributed by atoms with van der Waals surface area (Å²) in [6.07, 6.45) is 0. The number of aromatic nitrogens is 1. The van der Waals surface area contributed by atoms with Gasteiger partial charge in [0.25, 0.3) is 0 Å². The number of carbonyl (C=O) groups excluding carboxylic acids is 1. The molecule has 2 aromatic rings. The molecule has 0 saturated heterocycles. The summed E-state index contributed by atoms with van der Waals surface area (Å²) in [6.45, 7) is 3.82. The zero-order valence-electron chi connectivity index (χ0n) is 11.9. The average molecular weight is 321 g/mol. The number of thiophene rings is 1. The Morgan fingerprint density at radius 3 is 2.76 bits per heavy atom. The second-order valence-corrected chi connectivity index (χ2v) is 6.00. The van der Waals surface area contributed by atoms with Crippen molar-refractivity contribution in [1.82, 2.24) is 4.98 Å². The molecule has 0 fully saturated rings. The molecule has 0 unspecified atom stereocenters. The maximum atomic E-state index is 11.7. The Kier molecular flexibility index (Phi) is 4.87. The molecule has 0 aliphatic carbocycles. The molecule has 0 spiro atoms. The zero-order valence-corrected chi connectivity index (χ0v) is 13.5. The van der Waals surface area contributed by atoms with Crippen LogP contribution in [0, 0.1) is 13.8 Å². The first-order chi connectivity index (χ1) is 9.99. The summed E-state index contributed by atoms with van der Waals surface area (Å²) < 4.78 is 4.76. The predicted octanol–water partition coefficient (Wildman–Crippen LogP) is 3.36. The summed E-state index contributed by atoms with van der Waals surface area (Å²) in [5.74, 6) is 0.263.